The number of methoxy groups -OCH3 is 2. The Morgan fingerprint density at radius 1 is 1.31 bits per heavy atom. The Hall–Kier alpha value is -3.19. The standard InChI is InChI=1S/C32H44N4O3.H2/c1-9-35(30(37)22-10-11-27(28(17-22)38-7)34(6)21(2)3)15-14-32(5)29-18-23-16-24(23)20-36(29)26-12-13-31(4,39-8)19-25(26)33-32;/h10-12,17-19,23-24,33H,2,9,13-16,20H2,1,3-8H3;1H. The highest BCUT2D eigenvalue weighted by Gasteiger charge is 2.50. The first-order valence-electron chi connectivity index (χ1n) is 14.2. The molecule has 0 bridgehead atoms. The van der Waals surface area contributed by atoms with Crippen LogP contribution in [0.1, 0.15) is 58.7 Å². The summed E-state index contributed by atoms with van der Waals surface area (Å²) < 4.78 is 11.5. The second kappa shape index (κ2) is 10.1. The third-order valence-corrected chi connectivity index (χ3v) is 9.13. The lowest BCUT2D eigenvalue weighted by atomic mass is 9.82. The number of hydrogen-bond donors (Lipinski definition) is 1. The summed E-state index contributed by atoms with van der Waals surface area (Å²) in [6, 6.07) is 5.66. The summed E-state index contributed by atoms with van der Waals surface area (Å²) in [5, 5.41) is 3.90. The maximum atomic E-state index is 13.7. The van der Waals surface area contributed by atoms with Crippen LogP contribution in [0.25, 0.3) is 0 Å². The molecule has 1 saturated heterocycles. The first-order chi connectivity index (χ1) is 18.5. The number of allylic oxidation sites excluding steroid dienone is 2. The van der Waals surface area contributed by atoms with Crippen LogP contribution in [0.3, 0.4) is 0 Å². The van der Waals surface area contributed by atoms with Crippen LogP contribution < -0.4 is 15.0 Å². The molecule has 1 saturated carbocycles. The second-order valence-electron chi connectivity index (χ2n) is 12.0. The first kappa shape index (κ1) is 27.4. The van der Waals surface area contributed by atoms with Crippen LogP contribution in [0.5, 0.6) is 5.75 Å². The van der Waals surface area contributed by atoms with Gasteiger partial charge in [0, 0.05) is 58.6 Å². The van der Waals surface area contributed by atoms with Gasteiger partial charge in [0.25, 0.3) is 5.91 Å². The fourth-order valence-electron chi connectivity index (χ4n) is 6.16. The molecule has 4 unspecified atom stereocenters. The van der Waals surface area contributed by atoms with Crippen LogP contribution in [0, 0.1) is 11.8 Å². The van der Waals surface area contributed by atoms with E-state index < -0.39 is 0 Å². The van der Waals surface area contributed by atoms with Crippen LogP contribution in [0.15, 0.2) is 65.8 Å². The van der Waals surface area contributed by atoms with Gasteiger partial charge in [-0.25, -0.2) is 0 Å². The third kappa shape index (κ3) is 4.97. The van der Waals surface area contributed by atoms with Crippen LogP contribution in [0.4, 0.5) is 5.69 Å². The van der Waals surface area contributed by atoms with Gasteiger partial charge in [-0.15, -0.1) is 0 Å². The monoisotopic (exact) mass is 534 g/mol. The van der Waals surface area contributed by atoms with Crippen LogP contribution >= 0.6 is 0 Å². The Bertz CT molecular complexity index is 1270. The van der Waals surface area contributed by atoms with Crippen LogP contribution in [-0.4, -0.2) is 67.7 Å². The number of hydrogen-bond acceptors (Lipinski definition) is 6. The molecule has 2 aliphatic carbocycles. The normalized spacial score (nSPS) is 28.5. The van der Waals surface area contributed by atoms with Gasteiger partial charge in [-0.05, 0) is 76.6 Å². The smallest absolute Gasteiger partial charge is 0.253 e. The van der Waals surface area contributed by atoms with Gasteiger partial charge >= 0.3 is 0 Å². The van der Waals surface area contributed by atoms with Crippen molar-refractivity contribution in [3.8, 4) is 5.75 Å². The van der Waals surface area contributed by atoms with Crippen molar-refractivity contribution in [3.05, 3.63) is 71.4 Å². The zero-order valence-electron chi connectivity index (χ0n) is 24.6. The SMILES string of the molecule is C=C(C)N(C)c1ccc(C(=O)N(CC)CCC2(C)NC3=CC(C)(OC)CC=C3N3CC4CC4C=C32)cc1OC.[HH]. The summed E-state index contributed by atoms with van der Waals surface area (Å²) in [6.07, 6.45) is 10.00. The van der Waals surface area contributed by atoms with Gasteiger partial charge in [0.05, 0.1) is 35.3 Å². The summed E-state index contributed by atoms with van der Waals surface area (Å²) in [7, 11) is 5.36. The molecule has 4 atom stereocenters. The Morgan fingerprint density at radius 2 is 2.08 bits per heavy atom. The zero-order valence-corrected chi connectivity index (χ0v) is 24.6. The van der Waals surface area contributed by atoms with Crippen molar-refractivity contribution in [1.29, 1.82) is 0 Å². The summed E-state index contributed by atoms with van der Waals surface area (Å²) in [5.41, 5.74) is 5.57. The van der Waals surface area contributed by atoms with E-state index in [1.807, 2.05) is 48.9 Å². The molecule has 0 spiro atoms. The molecule has 7 nitrogen and oxygen atoms in total. The molecule has 0 aromatic heterocycles. The maximum Gasteiger partial charge on any atom is 0.253 e. The molecular weight excluding hydrogens is 488 g/mol. The van der Waals surface area contributed by atoms with E-state index in [-0.39, 0.29) is 18.5 Å². The van der Waals surface area contributed by atoms with Crippen molar-refractivity contribution in [3.63, 3.8) is 0 Å². The molecule has 7 heteroatoms. The second-order valence-corrected chi connectivity index (χ2v) is 12.0. The Morgan fingerprint density at radius 3 is 2.74 bits per heavy atom. The number of nitrogens with zero attached hydrogens (tertiary/aromatic N) is 3. The molecule has 212 valence electrons. The molecule has 2 fully saturated rings. The van der Waals surface area contributed by atoms with Crippen LogP contribution in [-0.2, 0) is 4.74 Å². The lowest BCUT2D eigenvalue weighted by Gasteiger charge is -2.51. The Balaban J connectivity index is 0.00000370. The van der Waals surface area contributed by atoms with E-state index in [0.29, 0.717) is 30.3 Å². The largest absolute Gasteiger partial charge is 0.495 e. The number of carbonyl (C=O) groups excluding carboxylic acids is 1. The number of ether oxygens (including phenoxy) is 2. The Kier molecular flexibility index (Phi) is 7.08. The van der Waals surface area contributed by atoms with Gasteiger partial charge < -0.3 is 29.5 Å². The van der Waals surface area contributed by atoms with E-state index in [2.05, 4.69) is 48.9 Å². The van der Waals surface area contributed by atoms with E-state index in [4.69, 9.17) is 9.47 Å². The molecular formula is C32H46N4O3. The zero-order chi connectivity index (χ0) is 28.1. The number of rotatable bonds is 9. The van der Waals surface area contributed by atoms with E-state index in [9.17, 15) is 4.79 Å². The van der Waals surface area contributed by atoms with Crippen molar-refractivity contribution in [2.75, 3.05) is 45.8 Å². The lowest BCUT2D eigenvalue weighted by Crippen LogP contribution is -2.58. The number of amides is 1. The van der Waals surface area contributed by atoms with Crippen LogP contribution in [0.2, 0.25) is 0 Å². The number of nitrogens with one attached hydrogen (secondary N) is 1. The highest BCUT2D eigenvalue weighted by molar-refractivity contribution is 5.95. The van der Waals surface area contributed by atoms with Gasteiger partial charge in [-0.2, -0.15) is 0 Å². The number of carbonyl (C=O) groups is 1. The number of piperazine rings is 1. The molecule has 1 amide bonds. The minimum absolute atomic E-state index is 0. The molecule has 5 rings (SSSR count). The number of benzene rings is 1. The summed E-state index contributed by atoms with van der Waals surface area (Å²) >= 11 is 0. The number of fused-ring (bicyclic) bond motifs is 4. The van der Waals surface area contributed by atoms with E-state index >= 15 is 0 Å². The summed E-state index contributed by atoms with van der Waals surface area (Å²) in [5.74, 6) is 2.11. The fourth-order valence-corrected chi connectivity index (χ4v) is 6.16. The van der Waals surface area contributed by atoms with Gasteiger partial charge in [0.1, 0.15) is 5.75 Å². The molecule has 1 aromatic carbocycles. The average molecular weight is 535 g/mol. The predicted octanol–water partition coefficient (Wildman–Crippen LogP) is 5.54. The molecule has 1 aromatic rings. The average Bonchev–Trinajstić information content (AvgIpc) is 3.70. The lowest BCUT2D eigenvalue weighted by molar-refractivity contribution is 0.0467. The minimum atomic E-state index is -0.319. The summed E-state index contributed by atoms with van der Waals surface area (Å²) in [4.78, 5) is 20.1. The molecule has 1 N–H and O–H groups in total. The van der Waals surface area contributed by atoms with E-state index in [0.717, 1.165) is 42.4 Å². The topological polar surface area (TPSA) is 57.3 Å². The minimum Gasteiger partial charge on any atom is -0.495 e. The summed E-state index contributed by atoms with van der Waals surface area (Å²) in [6.45, 7) is 14.8. The molecule has 2 heterocycles. The van der Waals surface area contributed by atoms with Crippen molar-refractivity contribution < 1.29 is 15.7 Å². The van der Waals surface area contributed by atoms with Crippen molar-refractivity contribution >= 4 is 11.6 Å². The van der Waals surface area contributed by atoms with Crippen molar-refractivity contribution in [2.24, 2.45) is 11.8 Å². The van der Waals surface area contributed by atoms with Crippen molar-refractivity contribution in [1.82, 2.24) is 15.1 Å². The quantitative estimate of drug-likeness (QED) is 0.449. The van der Waals surface area contributed by atoms with Crippen molar-refractivity contribution in [2.45, 2.75) is 58.1 Å². The van der Waals surface area contributed by atoms with Gasteiger partial charge in [-0.3, -0.25) is 4.79 Å². The first-order valence-corrected chi connectivity index (χ1v) is 14.2. The number of anilines is 1. The van der Waals surface area contributed by atoms with Gasteiger partial charge in [-0.1, -0.05) is 18.7 Å². The molecule has 2 aliphatic heterocycles. The third-order valence-electron chi connectivity index (χ3n) is 9.13. The van der Waals surface area contributed by atoms with E-state index in [1.54, 1.807) is 14.2 Å². The highest BCUT2D eigenvalue weighted by Crippen LogP contribution is 2.51. The van der Waals surface area contributed by atoms with E-state index in [1.165, 1.54) is 17.8 Å². The van der Waals surface area contributed by atoms with Gasteiger partial charge in [0.2, 0.25) is 0 Å². The molecule has 4 aliphatic rings. The van der Waals surface area contributed by atoms with Gasteiger partial charge in [0.15, 0.2) is 0 Å². The highest BCUT2D eigenvalue weighted by atomic mass is 16.5. The molecule has 0 radical (unpaired) electrons. The predicted molar refractivity (Wildman–Crippen MR) is 159 cm³/mol. The molecule has 39 heavy (non-hydrogen) atoms. The Labute approximate surface area is 235 Å². The fraction of sp³-hybridized carbons (Fsp3) is 0.531. The maximum absolute atomic E-state index is 13.7.